The Morgan fingerprint density at radius 1 is 1.20 bits per heavy atom. The van der Waals surface area contributed by atoms with Gasteiger partial charge >= 0.3 is 0 Å². The molecular weight excluding hydrogens is 380 g/mol. The van der Waals surface area contributed by atoms with Crippen LogP contribution in [0.5, 0.6) is 0 Å². The van der Waals surface area contributed by atoms with Gasteiger partial charge in [-0.15, -0.1) is 22.7 Å². The predicted octanol–water partition coefficient (Wildman–Crippen LogP) is 2.26. The zero-order valence-electron chi connectivity index (χ0n) is 14.4. The van der Waals surface area contributed by atoms with E-state index in [0.717, 1.165) is 16.7 Å². The predicted molar refractivity (Wildman–Crippen MR) is 102 cm³/mol. The van der Waals surface area contributed by atoms with E-state index in [-0.39, 0.29) is 18.3 Å². The highest BCUT2D eigenvalue weighted by molar-refractivity contribution is 7.89. The van der Waals surface area contributed by atoms with Gasteiger partial charge in [0.15, 0.2) is 0 Å². The lowest BCUT2D eigenvalue weighted by Crippen LogP contribution is -2.51. The third-order valence-electron chi connectivity index (χ3n) is 4.29. The Morgan fingerprint density at radius 3 is 2.52 bits per heavy atom. The van der Waals surface area contributed by atoms with Gasteiger partial charge in [0.25, 0.3) is 5.91 Å². The summed E-state index contributed by atoms with van der Waals surface area (Å²) in [6.45, 7) is 3.86. The number of fused-ring (bicyclic) bond motifs is 1. The minimum Gasteiger partial charge on any atom is -0.384 e. The average Bonchev–Trinajstić information content (AvgIpc) is 3.18. The van der Waals surface area contributed by atoms with Gasteiger partial charge in [-0.25, -0.2) is 8.42 Å². The first-order valence-electron chi connectivity index (χ1n) is 8.23. The molecule has 0 aromatic carbocycles. The second-order valence-electron chi connectivity index (χ2n) is 5.92. The lowest BCUT2D eigenvalue weighted by Gasteiger charge is -2.33. The molecule has 1 fully saturated rings. The van der Waals surface area contributed by atoms with E-state index in [9.17, 15) is 13.2 Å². The number of nitrogens with zero attached hydrogens (tertiary/aromatic N) is 2. The van der Waals surface area contributed by atoms with Crippen molar-refractivity contribution in [2.24, 2.45) is 0 Å². The van der Waals surface area contributed by atoms with Crippen LogP contribution in [0.1, 0.15) is 21.5 Å². The average molecular weight is 403 g/mol. The molecule has 6 nitrogen and oxygen atoms in total. The monoisotopic (exact) mass is 402 g/mol. The molecule has 9 heteroatoms. The fourth-order valence-electron chi connectivity index (χ4n) is 2.81. The van der Waals surface area contributed by atoms with E-state index < -0.39 is 10.0 Å². The molecular formula is C16H22N2O4S3. The fraction of sp³-hybridized carbons (Fsp3) is 0.562. The van der Waals surface area contributed by atoms with Crippen LogP contribution in [0, 0.1) is 0 Å². The lowest BCUT2D eigenvalue weighted by atomic mass is 10.3. The van der Waals surface area contributed by atoms with Gasteiger partial charge in [-0.3, -0.25) is 4.79 Å². The molecule has 2 aromatic heterocycles. The number of carbonyl (C=O) groups is 1. The van der Waals surface area contributed by atoms with E-state index in [2.05, 4.69) is 13.0 Å². The highest BCUT2D eigenvalue weighted by Gasteiger charge is 2.29. The van der Waals surface area contributed by atoms with Crippen molar-refractivity contribution in [2.45, 2.75) is 13.3 Å². The largest absolute Gasteiger partial charge is 0.384 e. The number of carbonyl (C=O) groups excluding carboxylic acids is 1. The van der Waals surface area contributed by atoms with E-state index in [4.69, 9.17) is 4.74 Å². The Balaban J connectivity index is 1.63. The quantitative estimate of drug-likeness (QED) is 0.743. The maximum atomic E-state index is 12.7. The second kappa shape index (κ2) is 7.71. The number of rotatable bonds is 6. The summed E-state index contributed by atoms with van der Waals surface area (Å²) in [4.78, 5) is 16.5. The molecule has 0 unspecified atom stereocenters. The van der Waals surface area contributed by atoms with Crippen LogP contribution in [0.4, 0.5) is 0 Å². The van der Waals surface area contributed by atoms with E-state index in [1.165, 1.54) is 31.6 Å². The molecule has 1 aliphatic rings. The van der Waals surface area contributed by atoms with E-state index >= 15 is 0 Å². The van der Waals surface area contributed by atoms with Gasteiger partial charge in [0.05, 0.1) is 21.3 Å². The minimum absolute atomic E-state index is 0.000359. The van der Waals surface area contributed by atoms with Crippen LogP contribution in [0.25, 0.3) is 9.40 Å². The van der Waals surface area contributed by atoms with Gasteiger partial charge in [-0.05, 0) is 18.6 Å². The maximum absolute atomic E-state index is 12.7. The Kier molecular flexibility index (Phi) is 5.79. The number of piperazine rings is 1. The Bertz CT molecular complexity index is 816. The standard InChI is InChI=1S/C16H22N2O4S3/c1-3-13-10-12-11-14(24-16(12)23-13)15(19)17-4-6-18(7-5-17)25(20,21)9-8-22-2/h10-11H,3-9H2,1-2H3. The first-order chi connectivity index (χ1) is 11.9. The van der Waals surface area contributed by atoms with Crippen LogP contribution >= 0.6 is 22.7 Å². The van der Waals surface area contributed by atoms with Crippen molar-refractivity contribution in [2.75, 3.05) is 45.6 Å². The van der Waals surface area contributed by atoms with Crippen LogP contribution in [-0.2, 0) is 21.2 Å². The maximum Gasteiger partial charge on any atom is 0.264 e. The molecule has 0 atom stereocenters. The van der Waals surface area contributed by atoms with Crippen molar-refractivity contribution in [1.82, 2.24) is 9.21 Å². The van der Waals surface area contributed by atoms with Crippen LogP contribution in [0.15, 0.2) is 12.1 Å². The minimum atomic E-state index is -3.30. The lowest BCUT2D eigenvalue weighted by molar-refractivity contribution is 0.0702. The Hall–Kier alpha value is -1.00. The molecule has 1 amide bonds. The Labute approximate surface area is 156 Å². The fourth-order valence-corrected chi connectivity index (χ4v) is 6.57. The summed E-state index contributed by atoms with van der Waals surface area (Å²) in [7, 11) is -1.82. The topological polar surface area (TPSA) is 66.9 Å². The summed E-state index contributed by atoms with van der Waals surface area (Å²) in [5, 5.41) is 1.14. The van der Waals surface area contributed by atoms with Crippen LogP contribution < -0.4 is 0 Å². The molecule has 25 heavy (non-hydrogen) atoms. The summed E-state index contributed by atoms with van der Waals surface area (Å²) in [5.41, 5.74) is 0. The van der Waals surface area contributed by atoms with E-state index in [1.807, 2.05) is 6.07 Å². The number of methoxy groups -OCH3 is 1. The molecule has 0 N–H and O–H groups in total. The highest BCUT2D eigenvalue weighted by atomic mass is 32.2. The normalized spacial score (nSPS) is 16.6. The second-order valence-corrected chi connectivity index (χ2v) is 10.5. The zero-order valence-corrected chi connectivity index (χ0v) is 16.8. The summed E-state index contributed by atoms with van der Waals surface area (Å²) < 4.78 is 31.9. The molecule has 3 rings (SSSR count). The first kappa shape index (κ1) is 18.8. The summed E-state index contributed by atoms with van der Waals surface area (Å²) >= 11 is 3.27. The van der Waals surface area contributed by atoms with E-state index in [0.29, 0.717) is 26.2 Å². The number of amides is 1. The molecule has 0 saturated carbocycles. The molecule has 2 aromatic rings. The van der Waals surface area contributed by atoms with Crippen molar-refractivity contribution in [3.8, 4) is 0 Å². The van der Waals surface area contributed by atoms with Crippen molar-refractivity contribution >= 4 is 48.0 Å². The Morgan fingerprint density at radius 2 is 1.92 bits per heavy atom. The van der Waals surface area contributed by atoms with Gasteiger partial charge in [-0.2, -0.15) is 4.31 Å². The number of hydrogen-bond acceptors (Lipinski definition) is 6. The van der Waals surface area contributed by atoms with Gasteiger partial charge in [0.2, 0.25) is 10.0 Å². The molecule has 0 spiro atoms. The molecule has 0 bridgehead atoms. The number of ether oxygens (including phenoxy) is 1. The number of hydrogen-bond donors (Lipinski definition) is 0. The smallest absolute Gasteiger partial charge is 0.264 e. The van der Waals surface area contributed by atoms with Crippen molar-refractivity contribution in [1.29, 1.82) is 0 Å². The van der Waals surface area contributed by atoms with Gasteiger partial charge < -0.3 is 9.64 Å². The first-order valence-corrected chi connectivity index (χ1v) is 11.5. The van der Waals surface area contributed by atoms with Crippen LogP contribution in [0.3, 0.4) is 0 Å². The molecule has 138 valence electrons. The molecule has 3 heterocycles. The van der Waals surface area contributed by atoms with Crippen LogP contribution in [-0.4, -0.2) is 69.2 Å². The van der Waals surface area contributed by atoms with Gasteiger partial charge in [0, 0.05) is 43.6 Å². The summed E-state index contributed by atoms with van der Waals surface area (Å²) in [6, 6.07) is 4.10. The zero-order chi connectivity index (χ0) is 18.0. The van der Waals surface area contributed by atoms with Gasteiger partial charge in [0.1, 0.15) is 0 Å². The van der Waals surface area contributed by atoms with Crippen molar-refractivity contribution in [3.63, 3.8) is 0 Å². The van der Waals surface area contributed by atoms with Crippen molar-refractivity contribution < 1.29 is 17.9 Å². The molecule has 0 radical (unpaired) electrons. The molecule has 0 aliphatic carbocycles. The summed E-state index contributed by atoms with van der Waals surface area (Å²) in [6.07, 6.45) is 1.01. The van der Waals surface area contributed by atoms with Crippen molar-refractivity contribution in [3.05, 3.63) is 21.9 Å². The van der Waals surface area contributed by atoms with E-state index in [1.54, 1.807) is 16.2 Å². The number of thiophene rings is 2. The van der Waals surface area contributed by atoms with Gasteiger partial charge in [-0.1, -0.05) is 6.92 Å². The van der Waals surface area contributed by atoms with Crippen LogP contribution in [0.2, 0.25) is 0 Å². The number of aryl methyl sites for hydroxylation is 1. The highest BCUT2D eigenvalue weighted by Crippen LogP contribution is 2.34. The molecule has 1 aliphatic heterocycles. The third-order valence-corrected chi connectivity index (χ3v) is 8.65. The SMILES string of the molecule is CCc1cc2cc(C(=O)N3CCN(S(=O)(=O)CCOC)CC3)sc2s1. The third kappa shape index (κ3) is 4.06. The molecule has 1 saturated heterocycles. The number of sulfonamides is 1. The summed E-state index contributed by atoms with van der Waals surface area (Å²) in [5.74, 6) is -0.0151.